The first kappa shape index (κ1) is 34.1. The lowest BCUT2D eigenvalue weighted by Gasteiger charge is -2.38. The van der Waals surface area contributed by atoms with Gasteiger partial charge in [0.1, 0.15) is 0 Å². The normalized spacial score (nSPS) is 11.4. The SMILES string of the molecule is CCCCCCCC[N+](CCCCCCCC)(CCCCCCCC)CC(=O)OCC.[Br-]. The third-order valence-corrected chi connectivity index (χ3v) is 6.73. The van der Waals surface area contributed by atoms with Crippen molar-refractivity contribution in [2.45, 2.75) is 143 Å². The summed E-state index contributed by atoms with van der Waals surface area (Å²) in [4.78, 5) is 12.5. The van der Waals surface area contributed by atoms with Crippen LogP contribution in [0.4, 0.5) is 0 Å². The molecular formula is C28H58BrNO2. The number of ether oxygens (including phenoxy) is 1. The fourth-order valence-corrected chi connectivity index (χ4v) is 4.74. The van der Waals surface area contributed by atoms with Crippen LogP contribution in [0.25, 0.3) is 0 Å². The minimum absolute atomic E-state index is 0. The van der Waals surface area contributed by atoms with Gasteiger partial charge in [0.2, 0.25) is 0 Å². The number of hydrogen-bond donors (Lipinski definition) is 0. The Morgan fingerprint density at radius 2 is 0.844 bits per heavy atom. The summed E-state index contributed by atoms with van der Waals surface area (Å²) in [5.41, 5.74) is 0. The van der Waals surface area contributed by atoms with Crippen molar-refractivity contribution in [3.8, 4) is 0 Å². The smallest absolute Gasteiger partial charge is 0.361 e. The second-order valence-corrected chi connectivity index (χ2v) is 9.78. The molecule has 32 heavy (non-hydrogen) atoms. The van der Waals surface area contributed by atoms with Gasteiger partial charge in [-0.3, -0.25) is 0 Å². The Morgan fingerprint density at radius 3 is 1.16 bits per heavy atom. The summed E-state index contributed by atoms with van der Waals surface area (Å²) in [6.45, 7) is 13.4. The predicted octanol–water partition coefficient (Wildman–Crippen LogP) is 5.45. The van der Waals surface area contributed by atoms with E-state index < -0.39 is 0 Å². The number of esters is 1. The Hall–Kier alpha value is -0.0900. The van der Waals surface area contributed by atoms with Gasteiger partial charge < -0.3 is 26.2 Å². The van der Waals surface area contributed by atoms with E-state index in [1.54, 1.807) is 0 Å². The Morgan fingerprint density at radius 1 is 0.531 bits per heavy atom. The molecular weight excluding hydrogens is 462 g/mol. The lowest BCUT2D eigenvalue weighted by atomic mass is 10.1. The monoisotopic (exact) mass is 519 g/mol. The summed E-state index contributed by atoms with van der Waals surface area (Å²) in [5, 5.41) is 0. The molecule has 0 atom stereocenters. The zero-order valence-corrected chi connectivity index (χ0v) is 24.0. The summed E-state index contributed by atoms with van der Waals surface area (Å²) in [7, 11) is 0. The lowest BCUT2D eigenvalue weighted by molar-refractivity contribution is -0.922. The second-order valence-electron chi connectivity index (χ2n) is 9.78. The molecule has 0 N–H and O–H groups in total. The van der Waals surface area contributed by atoms with Gasteiger partial charge in [-0.25, -0.2) is 4.79 Å². The zero-order chi connectivity index (χ0) is 23.0. The van der Waals surface area contributed by atoms with Crippen LogP contribution in [0.2, 0.25) is 0 Å². The highest BCUT2D eigenvalue weighted by molar-refractivity contribution is 5.70. The Balaban J connectivity index is 0. The van der Waals surface area contributed by atoms with E-state index in [-0.39, 0.29) is 23.0 Å². The van der Waals surface area contributed by atoms with E-state index in [4.69, 9.17) is 4.74 Å². The van der Waals surface area contributed by atoms with Gasteiger partial charge in [0.15, 0.2) is 6.54 Å². The van der Waals surface area contributed by atoms with E-state index in [1.165, 1.54) is 116 Å². The van der Waals surface area contributed by atoms with E-state index in [0.717, 1.165) is 24.1 Å². The van der Waals surface area contributed by atoms with Crippen molar-refractivity contribution in [2.75, 3.05) is 32.8 Å². The molecule has 0 fully saturated rings. The van der Waals surface area contributed by atoms with Crippen LogP contribution < -0.4 is 17.0 Å². The highest BCUT2D eigenvalue weighted by Crippen LogP contribution is 2.19. The molecule has 0 unspecified atom stereocenters. The van der Waals surface area contributed by atoms with E-state index in [1.807, 2.05) is 6.92 Å². The number of hydrogen-bond acceptors (Lipinski definition) is 2. The van der Waals surface area contributed by atoms with Crippen molar-refractivity contribution >= 4 is 5.97 Å². The van der Waals surface area contributed by atoms with Crippen LogP contribution in [-0.4, -0.2) is 43.2 Å². The number of unbranched alkanes of at least 4 members (excludes halogenated alkanes) is 15. The van der Waals surface area contributed by atoms with Gasteiger partial charge in [-0.15, -0.1) is 0 Å². The van der Waals surface area contributed by atoms with Crippen molar-refractivity contribution in [3.05, 3.63) is 0 Å². The number of quaternary nitrogens is 1. The number of carbonyl (C=O) groups is 1. The van der Waals surface area contributed by atoms with Gasteiger partial charge >= 0.3 is 5.97 Å². The van der Waals surface area contributed by atoms with Gasteiger partial charge in [0.25, 0.3) is 0 Å². The highest BCUT2D eigenvalue weighted by atomic mass is 79.9. The highest BCUT2D eigenvalue weighted by Gasteiger charge is 2.30. The zero-order valence-electron chi connectivity index (χ0n) is 22.4. The largest absolute Gasteiger partial charge is 1.00 e. The van der Waals surface area contributed by atoms with Gasteiger partial charge in [-0.2, -0.15) is 0 Å². The van der Waals surface area contributed by atoms with Crippen LogP contribution >= 0.6 is 0 Å². The molecule has 0 aliphatic rings. The molecule has 0 rings (SSSR count). The Labute approximate surface area is 212 Å². The molecule has 0 spiro atoms. The summed E-state index contributed by atoms with van der Waals surface area (Å²) in [6, 6.07) is 0. The topological polar surface area (TPSA) is 26.3 Å². The molecule has 4 heteroatoms. The quantitative estimate of drug-likeness (QED) is 0.0961. The van der Waals surface area contributed by atoms with E-state index in [2.05, 4.69) is 20.8 Å². The van der Waals surface area contributed by atoms with E-state index >= 15 is 0 Å². The van der Waals surface area contributed by atoms with Crippen molar-refractivity contribution in [1.29, 1.82) is 0 Å². The number of halogens is 1. The molecule has 0 saturated heterocycles. The summed E-state index contributed by atoms with van der Waals surface area (Å²) in [5.74, 6) is 0.0189. The maximum Gasteiger partial charge on any atom is 0.361 e. The van der Waals surface area contributed by atoms with Crippen LogP contribution in [0, 0.1) is 0 Å². The van der Waals surface area contributed by atoms with Crippen LogP contribution in [0.5, 0.6) is 0 Å². The maximum atomic E-state index is 12.5. The first-order valence-electron chi connectivity index (χ1n) is 14.1. The summed E-state index contributed by atoms with van der Waals surface area (Å²) >= 11 is 0. The Bertz CT molecular complexity index is 349. The van der Waals surface area contributed by atoms with Gasteiger partial charge in [0.05, 0.1) is 26.2 Å². The summed E-state index contributed by atoms with van der Waals surface area (Å²) < 4.78 is 6.40. The van der Waals surface area contributed by atoms with Gasteiger partial charge in [-0.1, -0.05) is 97.8 Å². The fraction of sp³-hybridized carbons (Fsp3) is 0.964. The molecule has 3 nitrogen and oxygen atoms in total. The van der Waals surface area contributed by atoms with Crippen molar-refractivity contribution in [2.24, 2.45) is 0 Å². The number of carbonyl (C=O) groups excluding carboxylic acids is 1. The molecule has 0 bridgehead atoms. The number of nitrogens with zero attached hydrogens (tertiary/aromatic N) is 1. The maximum absolute atomic E-state index is 12.5. The molecule has 0 radical (unpaired) electrons. The van der Waals surface area contributed by atoms with Crippen molar-refractivity contribution in [1.82, 2.24) is 0 Å². The molecule has 0 aromatic rings. The first-order chi connectivity index (χ1) is 15.1. The predicted molar refractivity (Wildman–Crippen MR) is 136 cm³/mol. The van der Waals surface area contributed by atoms with Crippen LogP contribution in [0.1, 0.15) is 143 Å². The van der Waals surface area contributed by atoms with E-state index in [9.17, 15) is 4.79 Å². The molecule has 0 heterocycles. The average molecular weight is 521 g/mol. The lowest BCUT2D eigenvalue weighted by Crippen LogP contribution is -3.00. The molecule has 0 aliphatic carbocycles. The van der Waals surface area contributed by atoms with Crippen LogP contribution in [0.3, 0.4) is 0 Å². The molecule has 0 amide bonds. The minimum atomic E-state index is 0. The van der Waals surface area contributed by atoms with Crippen molar-refractivity contribution < 1.29 is 31.0 Å². The molecule has 194 valence electrons. The van der Waals surface area contributed by atoms with Gasteiger partial charge in [0, 0.05) is 0 Å². The van der Waals surface area contributed by atoms with Gasteiger partial charge in [-0.05, 0) is 45.4 Å². The second kappa shape index (κ2) is 25.5. The molecule has 0 aromatic heterocycles. The standard InChI is InChI=1S/C28H58NO2.BrH/c1-5-9-12-15-18-21-24-29(27-28(30)31-8-4,25-22-19-16-13-10-6-2)26-23-20-17-14-11-7-3;/h5-27H2,1-4H3;1H/q+1;/p-1. The summed E-state index contributed by atoms with van der Waals surface area (Å²) in [6.07, 6.45) is 23.9. The van der Waals surface area contributed by atoms with E-state index in [0.29, 0.717) is 13.2 Å². The fourth-order valence-electron chi connectivity index (χ4n) is 4.74. The Kier molecular flexibility index (Phi) is 27.2. The van der Waals surface area contributed by atoms with Crippen molar-refractivity contribution in [3.63, 3.8) is 0 Å². The average Bonchev–Trinajstić information content (AvgIpc) is 2.75. The molecule has 0 aromatic carbocycles. The molecule has 0 saturated carbocycles. The first-order valence-corrected chi connectivity index (χ1v) is 14.1. The van der Waals surface area contributed by atoms with Crippen LogP contribution in [-0.2, 0) is 9.53 Å². The third kappa shape index (κ3) is 20.5. The number of rotatable bonds is 24. The minimum Gasteiger partial charge on any atom is -1.00 e. The molecule has 0 aliphatic heterocycles. The third-order valence-electron chi connectivity index (χ3n) is 6.73. The van der Waals surface area contributed by atoms with Crippen LogP contribution in [0.15, 0.2) is 0 Å².